The molecule has 0 bridgehead atoms. The number of thiophene rings is 1. The Morgan fingerprint density at radius 1 is 1.25 bits per heavy atom. The lowest BCUT2D eigenvalue weighted by molar-refractivity contribution is -0.112. The van der Waals surface area contributed by atoms with Gasteiger partial charge in [-0.1, -0.05) is 19.2 Å². The van der Waals surface area contributed by atoms with E-state index in [9.17, 15) is 13.6 Å². The van der Waals surface area contributed by atoms with Gasteiger partial charge < -0.3 is 5.32 Å². The van der Waals surface area contributed by atoms with Gasteiger partial charge >= 0.3 is 0 Å². The van der Waals surface area contributed by atoms with Crippen molar-refractivity contribution in [2.75, 3.05) is 5.32 Å². The number of carbonyl (C=O) groups is 1. The number of rotatable bonds is 6. The highest BCUT2D eigenvalue weighted by atomic mass is 32.1. The minimum atomic E-state index is -1.17. The van der Waals surface area contributed by atoms with Crippen LogP contribution in [0.1, 0.15) is 0 Å². The predicted molar refractivity (Wildman–Crippen MR) is 107 cm³/mol. The molecule has 28 heavy (non-hydrogen) atoms. The summed E-state index contributed by atoms with van der Waals surface area (Å²) < 4.78 is 28.8. The quantitative estimate of drug-likeness (QED) is 0.467. The number of aryl methyl sites for hydroxylation is 1. The summed E-state index contributed by atoms with van der Waals surface area (Å²) >= 11 is 1.25. The molecule has 0 unspecified atom stereocenters. The van der Waals surface area contributed by atoms with Crippen LogP contribution in [-0.4, -0.2) is 20.7 Å². The molecular formula is C20H16F2N4OS. The molecule has 142 valence electrons. The van der Waals surface area contributed by atoms with Crippen molar-refractivity contribution in [2.24, 2.45) is 7.05 Å². The summed E-state index contributed by atoms with van der Waals surface area (Å²) in [5.41, 5.74) is 1.49. The summed E-state index contributed by atoms with van der Waals surface area (Å²) in [6, 6.07) is 10.9. The van der Waals surface area contributed by atoms with Crippen molar-refractivity contribution in [3.05, 3.63) is 79.1 Å². The first-order valence-corrected chi connectivity index (χ1v) is 8.96. The topological polar surface area (TPSA) is 59.8 Å². The minimum absolute atomic E-state index is 0.427. The number of hydrogen-bond donors (Lipinski definition) is 1. The van der Waals surface area contributed by atoms with Crippen molar-refractivity contribution in [3.8, 4) is 22.0 Å². The monoisotopic (exact) mass is 398 g/mol. The second kappa shape index (κ2) is 8.10. The maximum Gasteiger partial charge on any atom is 0.262 e. The van der Waals surface area contributed by atoms with Gasteiger partial charge in [-0.15, -0.1) is 11.3 Å². The van der Waals surface area contributed by atoms with Crippen LogP contribution in [0.4, 0.5) is 13.8 Å². The lowest BCUT2D eigenvalue weighted by Gasteiger charge is -2.05. The number of carbonyl (C=O) groups excluding carboxylic acids is 1. The van der Waals surface area contributed by atoms with E-state index in [1.807, 2.05) is 24.3 Å². The first-order chi connectivity index (χ1) is 13.4. The van der Waals surface area contributed by atoms with Gasteiger partial charge in [-0.05, 0) is 36.4 Å². The minimum Gasteiger partial charge on any atom is -0.313 e. The molecule has 0 saturated carbocycles. The van der Waals surface area contributed by atoms with E-state index in [2.05, 4.69) is 28.6 Å². The van der Waals surface area contributed by atoms with Crippen molar-refractivity contribution in [1.29, 1.82) is 0 Å². The third-order valence-electron chi connectivity index (χ3n) is 3.82. The van der Waals surface area contributed by atoms with Gasteiger partial charge in [0.05, 0.1) is 21.3 Å². The summed E-state index contributed by atoms with van der Waals surface area (Å²) in [7, 11) is 1.80. The average Bonchev–Trinajstić information content (AvgIpc) is 3.28. The lowest BCUT2D eigenvalue weighted by Crippen LogP contribution is -2.14. The molecule has 0 atom stereocenters. The number of pyridine rings is 1. The molecule has 0 aromatic carbocycles. The largest absolute Gasteiger partial charge is 0.313 e. The van der Waals surface area contributed by atoms with Crippen LogP contribution < -0.4 is 5.32 Å². The number of nitrogens with zero attached hydrogens (tertiary/aromatic N) is 3. The van der Waals surface area contributed by atoms with Gasteiger partial charge in [0.2, 0.25) is 0 Å². The number of amides is 1. The van der Waals surface area contributed by atoms with Gasteiger partial charge in [0.25, 0.3) is 5.91 Å². The van der Waals surface area contributed by atoms with Crippen LogP contribution in [0.2, 0.25) is 0 Å². The Hall–Kier alpha value is -3.39. The Bertz CT molecular complexity index is 1080. The van der Waals surface area contributed by atoms with Crippen LogP contribution in [0.5, 0.6) is 0 Å². The van der Waals surface area contributed by atoms with Crippen molar-refractivity contribution in [2.45, 2.75) is 0 Å². The van der Waals surface area contributed by atoms with Crippen molar-refractivity contribution >= 4 is 22.2 Å². The van der Waals surface area contributed by atoms with Crippen molar-refractivity contribution in [3.63, 3.8) is 0 Å². The number of nitrogens with one attached hydrogen (secondary N) is 1. The molecule has 3 heterocycles. The Kier molecular flexibility index (Phi) is 5.60. The zero-order valence-corrected chi connectivity index (χ0v) is 15.8. The lowest BCUT2D eigenvalue weighted by atomic mass is 10.2. The highest BCUT2D eigenvalue weighted by Crippen LogP contribution is 2.33. The first kappa shape index (κ1) is 19.4. The Morgan fingerprint density at radius 3 is 2.68 bits per heavy atom. The Morgan fingerprint density at radius 2 is 2.04 bits per heavy atom. The van der Waals surface area contributed by atoms with E-state index >= 15 is 0 Å². The summed E-state index contributed by atoms with van der Waals surface area (Å²) in [6.45, 7) is 6.20. The summed E-state index contributed by atoms with van der Waals surface area (Å²) in [4.78, 5) is 17.3. The second-order valence-electron chi connectivity index (χ2n) is 5.70. The molecule has 0 aliphatic carbocycles. The second-order valence-corrected chi connectivity index (χ2v) is 6.79. The molecule has 3 aromatic rings. The molecular weight excluding hydrogens is 382 g/mol. The molecule has 8 heteroatoms. The molecule has 0 saturated heterocycles. The highest BCUT2D eigenvalue weighted by molar-refractivity contribution is 7.19. The van der Waals surface area contributed by atoms with Gasteiger partial charge in [-0.3, -0.25) is 14.5 Å². The summed E-state index contributed by atoms with van der Waals surface area (Å²) in [5.74, 6) is -3.18. The van der Waals surface area contributed by atoms with Gasteiger partial charge in [0.1, 0.15) is 22.9 Å². The third kappa shape index (κ3) is 3.96. The van der Waals surface area contributed by atoms with Gasteiger partial charge in [0, 0.05) is 13.2 Å². The van der Waals surface area contributed by atoms with Crippen LogP contribution in [-0.2, 0) is 11.8 Å². The Balaban J connectivity index is 1.85. The van der Waals surface area contributed by atoms with Gasteiger partial charge in [0.15, 0.2) is 0 Å². The van der Waals surface area contributed by atoms with Crippen LogP contribution in [0.15, 0.2) is 79.1 Å². The molecule has 0 spiro atoms. The number of hydrogen-bond acceptors (Lipinski definition) is 4. The standard InChI is InChI=1S/C20H16F2N4OS/c1-4-13(22)19(12(2)21)20(27)24-18-9-8-17(28-18)16-11-15(25-26(16)3)14-7-5-6-10-23-14/h4-11H,1-2H2,3H3,(H,24,27)/b19-13-. The average molecular weight is 398 g/mol. The van der Waals surface area contributed by atoms with E-state index in [1.165, 1.54) is 11.3 Å². The van der Waals surface area contributed by atoms with Crippen LogP contribution in [0, 0.1) is 0 Å². The van der Waals surface area contributed by atoms with E-state index in [4.69, 9.17) is 0 Å². The Labute approximate surface area is 164 Å². The first-order valence-electron chi connectivity index (χ1n) is 8.14. The van der Waals surface area contributed by atoms with Crippen molar-refractivity contribution in [1.82, 2.24) is 14.8 Å². The SMILES string of the molecule is C=C/C(F)=C(\C(=C)F)C(=O)Nc1ccc(-c2cc(-c3ccccn3)nn2C)s1. The maximum absolute atomic E-state index is 13.7. The zero-order chi connectivity index (χ0) is 20.3. The summed E-state index contributed by atoms with van der Waals surface area (Å²) in [6.07, 6.45) is 2.45. The number of allylic oxidation sites excluding steroid dienone is 2. The van der Waals surface area contributed by atoms with Crippen molar-refractivity contribution < 1.29 is 13.6 Å². The fraction of sp³-hybridized carbons (Fsp3) is 0.0500. The van der Waals surface area contributed by atoms with Crippen LogP contribution in [0.25, 0.3) is 22.0 Å². The van der Waals surface area contributed by atoms with E-state index in [0.717, 1.165) is 22.3 Å². The van der Waals surface area contributed by atoms with Crippen LogP contribution in [0.3, 0.4) is 0 Å². The molecule has 0 aliphatic rings. The highest BCUT2D eigenvalue weighted by Gasteiger charge is 2.19. The zero-order valence-electron chi connectivity index (χ0n) is 14.9. The number of halogens is 2. The molecule has 1 N–H and O–H groups in total. The molecule has 0 fully saturated rings. The maximum atomic E-state index is 13.7. The number of aromatic nitrogens is 3. The van der Waals surface area contributed by atoms with E-state index in [-0.39, 0.29) is 0 Å². The molecule has 3 rings (SSSR count). The molecule has 3 aromatic heterocycles. The molecule has 1 amide bonds. The fourth-order valence-corrected chi connectivity index (χ4v) is 3.47. The number of anilines is 1. The normalized spacial score (nSPS) is 11.7. The van der Waals surface area contributed by atoms with Crippen LogP contribution >= 0.6 is 11.3 Å². The molecule has 0 aliphatic heterocycles. The third-order valence-corrected chi connectivity index (χ3v) is 4.84. The van der Waals surface area contributed by atoms with E-state index < -0.39 is 23.1 Å². The van der Waals surface area contributed by atoms with E-state index in [0.29, 0.717) is 10.7 Å². The molecule has 5 nitrogen and oxygen atoms in total. The van der Waals surface area contributed by atoms with Gasteiger partial charge in [-0.25, -0.2) is 8.78 Å². The summed E-state index contributed by atoms with van der Waals surface area (Å²) in [5, 5.41) is 7.36. The van der Waals surface area contributed by atoms with Gasteiger partial charge in [-0.2, -0.15) is 5.10 Å². The fourth-order valence-electron chi connectivity index (χ4n) is 2.52. The molecule has 0 radical (unpaired) electrons. The predicted octanol–water partition coefficient (Wildman–Crippen LogP) is 5.04. The smallest absolute Gasteiger partial charge is 0.262 e. The van der Waals surface area contributed by atoms with E-state index in [1.54, 1.807) is 30.1 Å².